The summed E-state index contributed by atoms with van der Waals surface area (Å²) in [4.78, 5) is 2.35. The third-order valence-corrected chi connectivity index (χ3v) is 2.31. The van der Waals surface area contributed by atoms with E-state index in [1.165, 1.54) is 0 Å². The fourth-order valence-electron chi connectivity index (χ4n) is 1.34. The maximum Gasteiger partial charge on any atom is 0.0628 e. The van der Waals surface area contributed by atoms with Crippen LogP contribution in [0.25, 0.3) is 0 Å². The molecular formula is C10H24N2O2. The molecule has 0 saturated heterocycles. The highest BCUT2D eigenvalue weighted by molar-refractivity contribution is 4.69. The van der Waals surface area contributed by atoms with Gasteiger partial charge in [-0.05, 0) is 13.6 Å². The van der Waals surface area contributed by atoms with Crippen LogP contribution in [0, 0.1) is 0 Å². The number of ether oxygens (including phenoxy) is 2. The zero-order valence-corrected chi connectivity index (χ0v) is 9.88. The second kappa shape index (κ2) is 9.40. The molecule has 0 aliphatic heterocycles. The Morgan fingerprint density at radius 2 is 2.00 bits per heavy atom. The minimum Gasteiger partial charge on any atom is -0.383 e. The molecular weight excluding hydrogens is 180 g/mol. The first-order valence-corrected chi connectivity index (χ1v) is 5.15. The van der Waals surface area contributed by atoms with E-state index in [-0.39, 0.29) is 0 Å². The summed E-state index contributed by atoms with van der Waals surface area (Å²) in [5, 5.41) is 3.24. The fraction of sp³-hybridized carbons (Fsp3) is 1.00. The van der Waals surface area contributed by atoms with Crippen molar-refractivity contribution in [2.45, 2.75) is 13.0 Å². The van der Waals surface area contributed by atoms with Crippen molar-refractivity contribution in [2.75, 3.05) is 54.1 Å². The first-order chi connectivity index (χ1) is 6.78. The van der Waals surface area contributed by atoms with E-state index in [0.29, 0.717) is 6.04 Å². The van der Waals surface area contributed by atoms with Crippen LogP contribution in [-0.2, 0) is 9.47 Å². The second-order valence-electron chi connectivity index (χ2n) is 3.33. The molecule has 0 bridgehead atoms. The van der Waals surface area contributed by atoms with Gasteiger partial charge in [-0.2, -0.15) is 0 Å². The van der Waals surface area contributed by atoms with Crippen LogP contribution in [0.3, 0.4) is 0 Å². The molecule has 0 rings (SSSR count). The Balaban J connectivity index is 3.75. The fourth-order valence-corrected chi connectivity index (χ4v) is 1.34. The Hall–Kier alpha value is -0.160. The van der Waals surface area contributed by atoms with Gasteiger partial charge in [-0.15, -0.1) is 0 Å². The van der Waals surface area contributed by atoms with E-state index >= 15 is 0 Å². The van der Waals surface area contributed by atoms with E-state index in [9.17, 15) is 0 Å². The lowest BCUT2D eigenvalue weighted by Crippen LogP contribution is -2.43. The lowest BCUT2D eigenvalue weighted by Gasteiger charge is -2.25. The van der Waals surface area contributed by atoms with Gasteiger partial charge < -0.3 is 14.8 Å². The van der Waals surface area contributed by atoms with Gasteiger partial charge in [-0.25, -0.2) is 0 Å². The third-order valence-electron chi connectivity index (χ3n) is 2.31. The first-order valence-electron chi connectivity index (χ1n) is 5.15. The summed E-state index contributed by atoms with van der Waals surface area (Å²) in [6.45, 7) is 6.73. The normalized spacial score (nSPS) is 13.5. The average Bonchev–Trinajstić information content (AvgIpc) is 2.22. The van der Waals surface area contributed by atoms with Crippen LogP contribution in [0.5, 0.6) is 0 Å². The number of hydrogen-bond donors (Lipinski definition) is 1. The van der Waals surface area contributed by atoms with E-state index < -0.39 is 0 Å². The average molecular weight is 204 g/mol. The molecule has 1 unspecified atom stereocenters. The summed E-state index contributed by atoms with van der Waals surface area (Å²) in [7, 11) is 5.43. The third kappa shape index (κ3) is 6.32. The number of likely N-dealkylation sites (N-methyl/N-ethyl adjacent to an activating group) is 2. The molecule has 0 aromatic rings. The summed E-state index contributed by atoms with van der Waals surface area (Å²) < 4.78 is 10.2. The van der Waals surface area contributed by atoms with Crippen molar-refractivity contribution in [3.8, 4) is 0 Å². The van der Waals surface area contributed by atoms with Crippen molar-refractivity contribution in [1.82, 2.24) is 10.2 Å². The van der Waals surface area contributed by atoms with Gasteiger partial charge in [0.25, 0.3) is 0 Å². The minimum absolute atomic E-state index is 0.400. The van der Waals surface area contributed by atoms with Crippen LogP contribution in [0.4, 0.5) is 0 Å². The summed E-state index contributed by atoms with van der Waals surface area (Å²) in [5.41, 5.74) is 0. The maximum absolute atomic E-state index is 5.12. The number of nitrogens with zero attached hydrogens (tertiary/aromatic N) is 1. The zero-order valence-electron chi connectivity index (χ0n) is 9.88. The molecule has 0 aromatic heterocycles. The van der Waals surface area contributed by atoms with E-state index in [2.05, 4.69) is 17.1 Å². The predicted octanol–water partition coefficient (Wildman–Crippen LogP) is 0.189. The summed E-state index contributed by atoms with van der Waals surface area (Å²) >= 11 is 0. The van der Waals surface area contributed by atoms with E-state index in [1.54, 1.807) is 14.2 Å². The van der Waals surface area contributed by atoms with Gasteiger partial charge in [0.1, 0.15) is 0 Å². The lowest BCUT2D eigenvalue weighted by molar-refractivity contribution is 0.118. The Labute approximate surface area is 87.6 Å². The molecule has 0 fully saturated rings. The van der Waals surface area contributed by atoms with Crippen molar-refractivity contribution in [1.29, 1.82) is 0 Å². The number of rotatable bonds is 9. The minimum atomic E-state index is 0.400. The Kier molecular flexibility index (Phi) is 9.29. The van der Waals surface area contributed by atoms with Gasteiger partial charge in [-0.1, -0.05) is 6.92 Å². The molecule has 0 spiro atoms. The molecule has 1 atom stereocenters. The molecule has 0 saturated carbocycles. The van der Waals surface area contributed by atoms with Crippen molar-refractivity contribution in [3.63, 3.8) is 0 Å². The van der Waals surface area contributed by atoms with Crippen molar-refractivity contribution >= 4 is 0 Å². The molecule has 0 heterocycles. The SMILES string of the molecule is CCN(CCOC)CC(COC)NC. The first kappa shape index (κ1) is 13.8. The Morgan fingerprint density at radius 1 is 1.29 bits per heavy atom. The molecule has 0 aromatic carbocycles. The van der Waals surface area contributed by atoms with Crippen LogP contribution in [0.1, 0.15) is 6.92 Å². The monoisotopic (exact) mass is 204 g/mol. The molecule has 86 valence electrons. The van der Waals surface area contributed by atoms with E-state index in [4.69, 9.17) is 9.47 Å². The highest BCUT2D eigenvalue weighted by Gasteiger charge is 2.10. The summed E-state index contributed by atoms with van der Waals surface area (Å²) in [6, 6.07) is 0.400. The smallest absolute Gasteiger partial charge is 0.0628 e. The van der Waals surface area contributed by atoms with Crippen molar-refractivity contribution < 1.29 is 9.47 Å². The highest BCUT2D eigenvalue weighted by Crippen LogP contribution is 1.93. The molecule has 4 heteroatoms. The van der Waals surface area contributed by atoms with Gasteiger partial charge >= 0.3 is 0 Å². The van der Waals surface area contributed by atoms with Crippen LogP contribution >= 0.6 is 0 Å². The highest BCUT2D eigenvalue weighted by atomic mass is 16.5. The molecule has 0 aliphatic rings. The van der Waals surface area contributed by atoms with Crippen molar-refractivity contribution in [2.24, 2.45) is 0 Å². The van der Waals surface area contributed by atoms with Gasteiger partial charge in [0.05, 0.1) is 13.2 Å². The molecule has 4 nitrogen and oxygen atoms in total. The molecule has 0 aliphatic carbocycles. The lowest BCUT2D eigenvalue weighted by atomic mass is 10.3. The van der Waals surface area contributed by atoms with Gasteiger partial charge in [0, 0.05) is 33.4 Å². The zero-order chi connectivity index (χ0) is 10.8. The largest absolute Gasteiger partial charge is 0.383 e. The van der Waals surface area contributed by atoms with Crippen molar-refractivity contribution in [3.05, 3.63) is 0 Å². The number of hydrogen-bond acceptors (Lipinski definition) is 4. The number of methoxy groups -OCH3 is 2. The van der Waals surface area contributed by atoms with Crippen LogP contribution in [0.2, 0.25) is 0 Å². The maximum atomic E-state index is 5.12. The van der Waals surface area contributed by atoms with Gasteiger partial charge in [-0.3, -0.25) is 4.90 Å². The Bertz CT molecular complexity index is 123. The summed E-state index contributed by atoms with van der Waals surface area (Å²) in [5.74, 6) is 0. The van der Waals surface area contributed by atoms with Crippen LogP contribution < -0.4 is 5.32 Å². The van der Waals surface area contributed by atoms with Crippen LogP contribution in [0.15, 0.2) is 0 Å². The predicted molar refractivity (Wildman–Crippen MR) is 58.7 cm³/mol. The molecule has 0 amide bonds. The Morgan fingerprint density at radius 3 is 2.43 bits per heavy atom. The van der Waals surface area contributed by atoms with Gasteiger partial charge in [0.2, 0.25) is 0 Å². The van der Waals surface area contributed by atoms with E-state index in [0.717, 1.165) is 32.8 Å². The molecule has 0 radical (unpaired) electrons. The second-order valence-corrected chi connectivity index (χ2v) is 3.33. The molecule has 1 N–H and O–H groups in total. The van der Waals surface area contributed by atoms with E-state index in [1.807, 2.05) is 7.05 Å². The quantitative estimate of drug-likeness (QED) is 0.581. The standard InChI is InChI=1S/C10H24N2O2/c1-5-12(6-7-13-3)8-10(11-2)9-14-4/h10-11H,5-9H2,1-4H3. The summed E-state index contributed by atoms with van der Waals surface area (Å²) in [6.07, 6.45) is 0. The van der Waals surface area contributed by atoms with Gasteiger partial charge in [0.15, 0.2) is 0 Å². The topological polar surface area (TPSA) is 33.7 Å². The molecule has 14 heavy (non-hydrogen) atoms. The number of nitrogens with one attached hydrogen (secondary N) is 1. The van der Waals surface area contributed by atoms with Crippen LogP contribution in [-0.4, -0.2) is 65.1 Å².